The highest BCUT2D eigenvalue weighted by molar-refractivity contribution is 5.71. The number of rotatable bonds is 82. The number of unbranched alkanes of at least 4 members (excludes halogenated alkanes) is 67. The minimum Gasteiger partial charge on any atom is -0.477 e. The lowest BCUT2D eigenvalue weighted by Gasteiger charge is -2.25. The SMILES string of the molecule is CCCCCCCCCCCCCCCCCCCCCCCCCCCCCCCCCCCCCCCC(=O)OC(COC(=O)CCCCCCCCCCCCCCCCCCCCCCCCCCCCCCCCCC)COC(OCC[N+](C)(C)C)C(=O)O. The Morgan fingerprint density at radius 3 is 0.681 bits per heavy atom. The predicted molar refractivity (Wildman–Crippen MR) is 406 cm³/mol. The third-order valence-corrected chi connectivity index (χ3v) is 20.1. The van der Waals surface area contributed by atoms with Crippen molar-refractivity contribution in [3.05, 3.63) is 0 Å². The number of carboxylic acid groups (broad SMARTS) is 1. The fraction of sp³-hybridized carbons (Fsp3) is 0.965. The number of quaternary nitrogens is 1. The van der Waals surface area contributed by atoms with Crippen molar-refractivity contribution in [1.29, 1.82) is 0 Å². The van der Waals surface area contributed by atoms with Crippen LogP contribution in [0.2, 0.25) is 0 Å². The first-order valence-electron chi connectivity index (χ1n) is 42.7. The minimum absolute atomic E-state index is 0.171. The minimum atomic E-state index is -1.51. The second-order valence-corrected chi connectivity index (χ2v) is 30.9. The smallest absolute Gasteiger partial charge is 0.361 e. The quantitative estimate of drug-likeness (QED) is 0.0278. The summed E-state index contributed by atoms with van der Waals surface area (Å²) in [4.78, 5) is 37.8. The van der Waals surface area contributed by atoms with E-state index in [-0.39, 0.29) is 38.2 Å². The molecule has 94 heavy (non-hydrogen) atoms. The number of carbonyl (C=O) groups is 3. The summed E-state index contributed by atoms with van der Waals surface area (Å²) in [7, 11) is 6.01. The van der Waals surface area contributed by atoms with Crippen molar-refractivity contribution in [1.82, 2.24) is 0 Å². The van der Waals surface area contributed by atoms with E-state index in [2.05, 4.69) is 13.8 Å². The molecule has 0 saturated carbocycles. The molecule has 0 amide bonds. The molecule has 9 nitrogen and oxygen atoms in total. The average molecular weight is 1330 g/mol. The van der Waals surface area contributed by atoms with Crippen molar-refractivity contribution in [2.24, 2.45) is 0 Å². The van der Waals surface area contributed by atoms with Crippen LogP contribution in [-0.4, -0.2) is 87.4 Å². The van der Waals surface area contributed by atoms with Gasteiger partial charge in [-0.05, 0) is 12.8 Å². The van der Waals surface area contributed by atoms with Crippen LogP contribution in [0.5, 0.6) is 0 Å². The summed E-state index contributed by atoms with van der Waals surface area (Å²) in [6, 6.07) is 0. The number of likely N-dealkylation sites (N-methyl/N-ethyl adjacent to an activating group) is 1. The van der Waals surface area contributed by atoms with Gasteiger partial charge in [0, 0.05) is 12.8 Å². The number of ether oxygens (including phenoxy) is 4. The Morgan fingerprint density at radius 1 is 0.277 bits per heavy atom. The van der Waals surface area contributed by atoms with E-state index in [4.69, 9.17) is 18.9 Å². The average Bonchev–Trinajstić information content (AvgIpc) is 3.75. The van der Waals surface area contributed by atoms with Gasteiger partial charge in [-0.3, -0.25) is 9.59 Å². The van der Waals surface area contributed by atoms with Crippen LogP contribution >= 0.6 is 0 Å². The highest BCUT2D eigenvalue weighted by atomic mass is 16.7. The Bertz CT molecular complexity index is 1500. The number of hydrogen-bond donors (Lipinski definition) is 1. The third kappa shape index (κ3) is 77.6. The van der Waals surface area contributed by atoms with Crippen molar-refractivity contribution in [3.8, 4) is 0 Å². The molecule has 0 radical (unpaired) electrons. The lowest BCUT2D eigenvalue weighted by Crippen LogP contribution is -2.40. The van der Waals surface area contributed by atoms with E-state index in [0.717, 1.165) is 38.5 Å². The summed E-state index contributed by atoms with van der Waals surface area (Å²) in [6.45, 7) is 4.99. The number of carboxylic acids is 1. The summed E-state index contributed by atoms with van der Waals surface area (Å²) in [5, 5.41) is 9.78. The number of nitrogens with zero attached hydrogens (tertiary/aromatic N) is 1. The predicted octanol–water partition coefficient (Wildman–Crippen LogP) is 27.3. The van der Waals surface area contributed by atoms with E-state index in [0.29, 0.717) is 17.4 Å². The van der Waals surface area contributed by atoms with Crippen LogP contribution in [0.3, 0.4) is 0 Å². The Hall–Kier alpha value is -1.71. The zero-order valence-electron chi connectivity index (χ0n) is 64.4. The van der Waals surface area contributed by atoms with E-state index in [1.165, 1.54) is 405 Å². The molecule has 560 valence electrons. The first-order valence-corrected chi connectivity index (χ1v) is 42.7. The maximum Gasteiger partial charge on any atom is 0.361 e. The second-order valence-electron chi connectivity index (χ2n) is 30.9. The fourth-order valence-electron chi connectivity index (χ4n) is 13.6. The van der Waals surface area contributed by atoms with Gasteiger partial charge in [0.15, 0.2) is 6.10 Å². The van der Waals surface area contributed by atoms with E-state index >= 15 is 0 Å². The number of hydrogen-bond acceptors (Lipinski definition) is 7. The molecule has 0 fully saturated rings. The summed E-state index contributed by atoms with van der Waals surface area (Å²) < 4.78 is 23.1. The molecule has 0 aliphatic heterocycles. The zero-order valence-corrected chi connectivity index (χ0v) is 64.4. The monoisotopic (exact) mass is 1330 g/mol. The van der Waals surface area contributed by atoms with Crippen molar-refractivity contribution in [2.45, 2.75) is 482 Å². The van der Waals surface area contributed by atoms with Crippen LogP contribution in [0.1, 0.15) is 470 Å². The fourth-order valence-corrected chi connectivity index (χ4v) is 13.6. The van der Waals surface area contributed by atoms with Gasteiger partial charge in [0.25, 0.3) is 6.29 Å². The molecule has 0 rings (SSSR count). The standard InChI is InChI=1S/C85H167NO8/c1-6-8-10-12-14-16-18-20-22-24-26-28-30-32-34-36-38-40-41-42-43-44-46-48-50-52-54-56-58-60-62-64-66-68-70-72-74-76-83(88)94-81(80-93-85(84(89)90)91-78-77-86(3,4)5)79-92-82(87)75-73-71-69-67-65-63-61-59-57-55-53-51-49-47-45-39-37-35-33-31-29-27-25-23-21-19-17-15-13-11-9-7-2/h81,85H,6-80H2,1-5H3/p+1. The molecule has 0 aliphatic carbocycles. The van der Waals surface area contributed by atoms with E-state index in [1.807, 2.05) is 21.1 Å². The van der Waals surface area contributed by atoms with Crippen LogP contribution in [-0.2, 0) is 33.3 Å². The molecule has 0 aromatic rings. The molecule has 9 heteroatoms. The largest absolute Gasteiger partial charge is 0.477 e. The summed E-state index contributed by atoms with van der Waals surface area (Å²) in [5.41, 5.74) is 0. The van der Waals surface area contributed by atoms with Gasteiger partial charge in [-0.25, -0.2) is 4.79 Å². The first kappa shape index (κ1) is 92.3. The van der Waals surface area contributed by atoms with Gasteiger partial charge in [0.1, 0.15) is 13.2 Å². The maximum atomic E-state index is 13.0. The van der Waals surface area contributed by atoms with Crippen molar-refractivity contribution >= 4 is 17.9 Å². The van der Waals surface area contributed by atoms with E-state index in [9.17, 15) is 19.5 Å². The van der Waals surface area contributed by atoms with Gasteiger partial charge < -0.3 is 28.5 Å². The Kier molecular flexibility index (Phi) is 75.6. The van der Waals surface area contributed by atoms with Gasteiger partial charge in [-0.2, -0.15) is 0 Å². The van der Waals surface area contributed by atoms with Crippen LogP contribution in [0.4, 0.5) is 0 Å². The highest BCUT2D eigenvalue weighted by Gasteiger charge is 2.25. The van der Waals surface area contributed by atoms with Crippen LogP contribution < -0.4 is 0 Å². The molecule has 0 aliphatic rings. The molecule has 1 N–H and O–H groups in total. The lowest BCUT2D eigenvalue weighted by atomic mass is 10.0. The van der Waals surface area contributed by atoms with Gasteiger partial charge in [0.05, 0.1) is 34.4 Å². The Labute approximate surface area is 587 Å². The molecule has 0 heterocycles. The van der Waals surface area contributed by atoms with Crippen LogP contribution in [0, 0.1) is 0 Å². The van der Waals surface area contributed by atoms with Gasteiger partial charge in [-0.1, -0.05) is 444 Å². The number of carbonyl (C=O) groups excluding carboxylic acids is 2. The molecule has 0 saturated heterocycles. The van der Waals surface area contributed by atoms with E-state index in [1.54, 1.807) is 0 Å². The highest BCUT2D eigenvalue weighted by Crippen LogP contribution is 2.21. The van der Waals surface area contributed by atoms with Crippen LogP contribution in [0.15, 0.2) is 0 Å². The van der Waals surface area contributed by atoms with Crippen molar-refractivity contribution in [3.63, 3.8) is 0 Å². The number of esters is 2. The van der Waals surface area contributed by atoms with Crippen molar-refractivity contribution in [2.75, 3.05) is 47.5 Å². The first-order chi connectivity index (χ1) is 46.1. The van der Waals surface area contributed by atoms with Crippen LogP contribution in [0.25, 0.3) is 0 Å². The second kappa shape index (κ2) is 77.0. The molecule has 2 unspecified atom stereocenters. The lowest BCUT2D eigenvalue weighted by molar-refractivity contribution is -0.870. The summed E-state index contributed by atoms with van der Waals surface area (Å²) >= 11 is 0. The maximum absolute atomic E-state index is 13.0. The molecule has 0 aromatic heterocycles. The number of aliphatic carboxylic acids is 1. The van der Waals surface area contributed by atoms with Gasteiger partial charge in [-0.15, -0.1) is 0 Å². The molecular weight excluding hydrogens is 1160 g/mol. The Morgan fingerprint density at radius 2 is 0.479 bits per heavy atom. The van der Waals surface area contributed by atoms with E-state index < -0.39 is 18.4 Å². The summed E-state index contributed by atoms with van der Waals surface area (Å²) in [6.07, 6.45) is 93.0. The molecular formula is C85H168NO8+. The third-order valence-electron chi connectivity index (χ3n) is 20.1. The Balaban J connectivity index is 3.91. The van der Waals surface area contributed by atoms with Gasteiger partial charge >= 0.3 is 17.9 Å². The molecule has 0 spiro atoms. The summed E-state index contributed by atoms with van der Waals surface area (Å²) in [5.74, 6) is -1.96. The van der Waals surface area contributed by atoms with Crippen molar-refractivity contribution < 1.29 is 42.9 Å². The van der Waals surface area contributed by atoms with Gasteiger partial charge in [0.2, 0.25) is 0 Å². The molecule has 2 atom stereocenters. The topological polar surface area (TPSA) is 108 Å². The molecule has 0 bridgehead atoms. The zero-order chi connectivity index (χ0) is 68.2. The molecule has 0 aromatic carbocycles. The normalized spacial score (nSPS) is 12.5.